The van der Waals surface area contributed by atoms with Crippen molar-refractivity contribution in [1.29, 1.82) is 0 Å². The van der Waals surface area contributed by atoms with Crippen LogP contribution in [0.4, 0.5) is 10.5 Å². The second kappa shape index (κ2) is 10.2. The molecule has 0 saturated carbocycles. The lowest BCUT2D eigenvalue weighted by atomic mass is 9.74. The van der Waals surface area contributed by atoms with E-state index in [0.29, 0.717) is 5.56 Å². The first-order chi connectivity index (χ1) is 16.5. The van der Waals surface area contributed by atoms with Gasteiger partial charge < -0.3 is 9.47 Å². The predicted octanol–water partition coefficient (Wildman–Crippen LogP) is 4.47. The van der Waals surface area contributed by atoms with Gasteiger partial charge in [0.15, 0.2) is 0 Å². The maximum absolute atomic E-state index is 14.0. The molecule has 1 aliphatic heterocycles. The van der Waals surface area contributed by atoms with Crippen molar-refractivity contribution in [2.45, 2.75) is 58.6 Å². The van der Waals surface area contributed by atoms with E-state index in [9.17, 15) is 24.5 Å². The number of amides is 2. The van der Waals surface area contributed by atoms with E-state index in [2.05, 4.69) is 0 Å². The van der Waals surface area contributed by atoms with Gasteiger partial charge in [-0.3, -0.25) is 14.9 Å². The molecule has 9 nitrogen and oxygen atoms in total. The van der Waals surface area contributed by atoms with Crippen LogP contribution in [0.3, 0.4) is 0 Å². The van der Waals surface area contributed by atoms with Crippen molar-refractivity contribution in [2.24, 2.45) is 5.41 Å². The van der Waals surface area contributed by atoms with Crippen molar-refractivity contribution in [3.8, 4) is 0 Å². The number of hydrogen-bond acceptors (Lipinski definition) is 7. The number of non-ortho nitro benzene ring substituents is 1. The Morgan fingerprint density at radius 3 is 2.14 bits per heavy atom. The lowest BCUT2D eigenvalue weighted by molar-refractivity contribution is -0.384. The van der Waals surface area contributed by atoms with E-state index < -0.39 is 40.0 Å². The van der Waals surface area contributed by atoms with Gasteiger partial charge in [0, 0.05) is 12.1 Å². The maximum atomic E-state index is 14.0. The molecule has 1 heterocycles. The van der Waals surface area contributed by atoms with Crippen LogP contribution in [0.15, 0.2) is 54.6 Å². The summed E-state index contributed by atoms with van der Waals surface area (Å²) in [6, 6.07) is 14.1. The Labute approximate surface area is 204 Å². The van der Waals surface area contributed by atoms with Crippen molar-refractivity contribution in [2.75, 3.05) is 6.61 Å². The molecule has 0 radical (unpaired) electrons. The number of nitro groups is 1. The van der Waals surface area contributed by atoms with Crippen molar-refractivity contribution in [3.05, 3.63) is 75.8 Å². The number of carbonyl (C=O) groups is 3. The van der Waals surface area contributed by atoms with Crippen LogP contribution in [-0.2, 0) is 31.9 Å². The fourth-order valence-corrected chi connectivity index (χ4v) is 4.37. The number of ether oxygens (including phenoxy) is 2. The topological polar surface area (TPSA) is 116 Å². The summed E-state index contributed by atoms with van der Waals surface area (Å²) in [5.41, 5.74) is -0.570. The molecule has 2 atom stereocenters. The Morgan fingerprint density at radius 1 is 1.06 bits per heavy atom. The van der Waals surface area contributed by atoms with E-state index >= 15 is 0 Å². The van der Waals surface area contributed by atoms with Crippen molar-refractivity contribution in [1.82, 2.24) is 4.90 Å². The number of likely N-dealkylation sites (tertiary alicyclic amines) is 1. The summed E-state index contributed by atoms with van der Waals surface area (Å²) in [4.78, 5) is 51.4. The van der Waals surface area contributed by atoms with E-state index in [1.807, 2.05) is 30.3 Å². The molecular weight excluding hydrogens is 452 g/mol. The molecule has 0 aromatic heterocycles. The van der Waals surface area contributed by atoms with Gasteiger partial charge in [-0.05, 0) is 58.1 Å². The molecule has 0 aliphatic carbocycles. The third kappa shape index (κ3) is 6.03. The normalized spacial score (nSPS) is 19.9. The highest BCUT2D eigenvalue weighted by Gasteiger charge is 2.57. The molecule has 2 amide bonds. The van der Waals surface area contributed by atoms with Gasteiger partial charge in [-0.1, -0.05) is 42.5 Å². The second-order valence-corrected chi connectivity index (χ2v) is 9.67. The summed E-state index contributed by atoms with van der Waals surface area (Å²) >= 11 is 0. The number of rotatable bonds is 7. The molecule has 2 aromatic carbocycles. The number of nitro benzene ring substituents is 1. The molecule has 35 heavy (non-hydrogen) atoms. The predicted molar refractivity (Wildman–Crippen MR) is 127 cm³/mol. The average Bonchev–Trinajstić information content (AvgIpc) is 3.06. The third-order valence-electron chi connectivity index (χ3n) is 5.79. The van der Waals surface area contributed by atoms with E-state index in [4.69, 9.17) is 9.47 Å². The molecule has 1 saturated heterocycles. The van der Waals surface area contributed by atoms with Gasteiger partial charge >= 0.3 is 12.1 Å². The molecule has 2 aromatic rings. The van der Waals surface area contributed by atoms with Gasteiger partial charge in [0.2, 0.25) is 5.91 Å². The summed E-state index contributed by atoms with van der Waals surface area (Å²) in [6.45, 7) is 6.79. The van der Waals surface area contributed by atoms with Crippen molar-refractivity contribution in [3.63, 3.8) is 0 Å². The Balaban J connectivity index is 2.06. The summed E-state index contributed by atoms with van der Waals surface area (Å²) < 4.78 is 10.7. The molecular formula is C26H30N2O7. The molecule has 0 spiro atoms. The van der Waals surface area contributed by atoms with Crippen LogP contribution >= 0.6 is 0 Å². The summed E-state index contributed by atoms with van der Waals surface area (Å²) in [6.07, 6.45) is -0.429. The lowest BCUT2D eigenvalue weighted by Gasteiger charge is -2.29. The van der Waals surface area contributed by atoms with E-state index in [1.54, 1.807) is 39.8 Å². The zero-order valence-corrected chi connectivity index (χ0v) is 20.4. The highest BCUT2D eigenvalue weighted by atomic mass is 16.6. The van der Waals surface area contributed by atoms with Crippen molar-refractivity contribution < 1.29 is 28.8 Å². The molecule has 1 fully saturated rings. The summed E-state index contributed by atoms with van der Waals surface area (Å²) in [5.74, 6) is -1.21. The third-order valence-corrected chi connectivity index (χ3v) is 5.79. The zero-order chi connectivity index (χ0) is 25.8. The number of carbonyl (C=O) groups excluding carboxylic acids is 3. The number of benzene rings is 2. The molecule has 0 bridgehead atoms. The van der Waals surface area contributed by atoms with E-state index in [0.717, 1.165) is 10.5 Å². The maximum Gasteiger partial charge on any atom is 0.417 e. The SMILES string of the molecule is CCOC(=O)[C@@H]1C[C@@](Cc2ccccc2)(Cc2ccc([N+](=O)[O-])cc2)C(=O)N1C(=O)OC(C)(C)C. The molecule has 0 N–H and O–H groups in total. The molecule has 0 unspecified atom stereocenters. The smallest absolute Gasteiger partial charge is 0.417 e. The van der Waals surface area contributed by atoms with Crippen LogP contribution in [0.5, 0.6) is 0 Å². The van der Waals surface area contributed by atoms with Crippen LogP contribution in [-0.4, -0.2) is 46.0 Å². The van der Waals surface area contributed by atoms with Crippen LogP contribution in [0.2, 0.25) is 0 Å². The van der Waals surface area contributed by atoms with Crippen LogP contribution in [0.25, 0.3) is 0 Å². The Hall–Kier alpha value is -3.75. The van der Waals surface area contributed by atoms with Gasteiger partial charge in [0.1, 0.15) is 11.6 Å². The monoisotopic (exact) mass is 482 g/mol. The largest absolute Gasteiger partial charge is 0.464 e. The fraction of sp³-hybridized carbons (Fsp3) is 0.423. The van der Waals surface area contributed by atoms with Crippen LogP contribution in [0.1, 0.15) is 45.2 Å². The van der Waals surface area contributed by atoms with Crippen molar-refractivity contribution >= 4 is 23.7 Å². The van der Waals surface area contributed by atoms with Gasteiger partial charge in [-0.25, -0.2) is 14.5 Å². The number of esters is 1. The number of imide groups is 1. The first kappa shape index (κ1) is 25.9. The Morgan fingerprint density at radius 2 is 1.63 bits per heavy atom. The van der Waals surface area contributed by atoms with Crippen LogP contribution < -0.4 is 0 Å². The van der Waals surface area contributed by atoms with Gasteiger partial charge in [0.05, 0.1) is 16.9 Å². The lowest BCUT2D eigenvalue weighted by Crippen LogP contribution is -2.47. The summed E-state index contributed by atoms with van der Waals surface area (Å²) in [5, 5.41) is 11.1. The first-order valence-corrected chi connectivity index (χ1v) is 11.5. The van der Waals surface area contributed by atoms with Gasteiger partial charge in [0.25, 0.3) is 5.69 Å². The highest BCUT2D eigenvalue weighted by molar-refractivity contribution is 6.03. The number of nitrogens with zero attached hydrogens (tertiary/aromatic N) is 2. The second-order valence-electron chi connectivity index (χ2n) is 9.67. The highest BCUT2D eigenvalue weighted by Crippen LogP contribution is 2.43. The minimum atomic E-state index is -1.16. The Kier molecular flexibility index (Phi) is 7.57. The molecule has 9 heteroatoms. The first-order valence-electron chi connectivity index (χ1n) is 11.5. The molecule has 1 aliphatic rings. The standard InChI is InChI=1S/C26H30N2O7/c1-5-34-22(29)21-17-26(15-18-9-7-6-8-10-18,16-19-11-13-20(14-12-19)28(32)33)23(30)27(21)24(31)35-25(2,3)4/h6-14,21H,5,15-17H2,1-4H3/t21-,26+/m0/s1. The van der Waals surface area contributed by atoms with Crippen LogP contribution in [0, 0.1) is 15.5 Å². The average molecular weight is 483 g/mol. The fourth-order valence-electron chi connectivity index (χ4n) is 4.37. The minimum absolute atomic E-state index is 0.0375. The molecule has 186 valence electrons. The van der Waals surface area contributed by atoms with Gasteiger partial charge in [-0.2, -0.15) is 0 Å². The quantitative estimate of drug-likeness (QED) is 0.325. The van der Waals surface area contributed by atoms with Gasteiger partial charge in [-0.15, -0.1) is 0 Å². The molecule has 3 rings (SSSR count). The summed E-state index contributed by atoms with van der Waals surface area (Å²) in [7, 11) is 0. The zero-order valence-electron chi connectivity index (χ0n) is 20.4. The van der Waals surface area contributed by atoms with E-state index in [-0.39, 0.29) is 31.6 Å². The Bertz CT molecular complexity index is 1090. The number of hydrogen-bond donors (Lipinski definition) is 0. The van der Waals surface area contributed by atoms with E-state index in [1.165, 1.54) is 12.1 Å². The minimum Gasteiger partial charge on any atom is -0.464 e.